The number of aliphatic hydroxyl groups excluding tert-OH is 1. The maximum absolute atomic E-state index is 11.6. The molecule has 1 atom stereocenters. The van der Waals surface area contributed by atoms with Crippen LogP contribution in [0.2, 0.25) is 0 Å². The molecular formula is C15H28N2O3. The molecule has 1 unspecified atom stereocenters. The normalized spacial score (nSPS) is 17.2. The summed E-state index contributed by atoms with van der Waals surface area (Å²) in [5, 5.41) is 14.8. The summed E-state index contributed by atoms with van der Waals surface area (Å²) in [5.74, 6) is 0.488. The van der Waals surface area contributed by atoms with Crippen molar-refractivity contribution in [2.24, 2.45) is 11.8 Å². The molecule has 0 radical (unpaired) electrons. The first-order valence-electron chi connectivity index (χ1n) is 7.70. The fraction of sp³-hybridized carbons (Fsp3) is 0.867. The van der Waals surface area contributed by atoms with E-state index in [9.17, 15) is 14.7 Å². The minimum absolute atomic E-state index is 0.00564. The zero-order valence-electron chi connectivity index (χ0n) is 12.7. The number of carbonyl (C=O) groups excluding carboxylic acids is 2. The molecule has 1 aliphatic rings. The Labute approximate surface area is 121 Å². The van der Waals surface area contributed by atoms with E-state index < -0.39 is 6.10 Å². The Bertz CT molecular complexity index is 294. The Morgan fingerprint density at radius 2 is 1.80 bits per heavy atom. The minimum atomic E-state index is -0.544. The summed E-state index contributed by atoms with van der Waals surface area (Å²) in [4.78, 5) is 23.1. The van der Waals surface area contributed by atoms with Gasteiger partial charge in [-0.2, -0.15) is 0 Å². The average Bonchev–Trinajstić information content (AvgIpc) is 2.93. The van der Waals surface area contributed by atoms with Crippen molar-refractivity contribution in [3.63, 3.8) is 0 Å². The van der Waals surface area contributed by atoms with E-state index in [0.717, 1.165) is 6.42 Å². The second kappa shape index (κ2) is 8.95. The lowest BCUT2D eigenvalue weighted by atomic mass is 10.0. The molecule has 1 saturated carbocycles. The van der Waals surface area contributed by atoms with Crippen LogP contribution in [0.1, 0.15) is 52.4 Å². The van der Waals surface area contributed by atoms with Crippen LogP contribution in [0.15, 0.2) is 0 Å². The highest BCUT2D eigenvalue weighted by Gasteiger charge is 2.16. The first-order chi connectivity index (χ1) is 9.49. The molecule has 0 aromatic heterocycles. The van der Waals surface area contributed by atoms with Gasteiger partial charge in [-0.1, -0.05) is 39.5 Å². The summed E-state index contributed by atoms with van der Waals surface area (Å²) in [5.41, 5.74) is 0. The smallest absolute Gasteiger partial charge is 0.239 e. The van der Waals surface area contributed by atoms with Gasteiger partial charge in [0.2, 0.25) is 11.8 Å². The summed E-state index contributed by atoms with van der Waals surface area (Å²) in [6, 6.07) is 0. The molecule has 0 aromatic rings. The Balaban J connectivity index is 2.06. The molecule has 5 heteroatoms. The quantitative estimate of drug-likeness (QED) is 0.627. The lowest BCUT2D eigenvalue weighted by molar-refractivity contribution is -0.126. The van der Waals surface area contributed by atoms with Crippen LogP contribution >= 0.6 is 0 Å². The number of hydrogen-bond donors (Lipinski definition) is 3. The number of hydrogen-bond acceptors (Lipinski definition) is 3. The van der Waals surface area contributed by atoms with Gasteiger partial charge in [0.1, 0.15) is 0 Å². The predicted molar refractivity (Wildman–Crippen MR) is 78.1 cm³/mol. The van der Waals surface area contributed by atoms with Crippen molar-refractivity contribution in [3.8, 4) is 0 Å². The number of amides is 2. The van der Waals surface area contributed by atoms with Gasteiger partial charge in [-0.25, -0.2) is 0 Å². The number of carbonyl (C=O) groups is 2. The molecule has 0 saturated heterocycles. The fourth-order valence-corrected chi connectivity index (χ4v) is 2.42. The van der Waals surface area contributed by atoms with Crippen LogP contribution in [0.5, 0.6) is 0 Å². The predicted octanol–water partition coefficient (Wildman–Crippen LogP) is 1.21. The molecule has 1 rings (SSSR count). The van der Waals surface area contributed by atoms with Crippen LogP contribution in [-0.4, -0.2) is 36.1 Å². The summed E-state index contributed by atoms with van der Waals surface area (Å²) in [7, 11) is 0. The molecule has 3 N–H and O–H groups in total. The first-order valence-corrected chi connectivity index (χ1v) is 7.70. The van der Waals surface area contributed by atoms with Gasteiger partial charge in [-0.15, -0.1) is 0 Å². The van der Waals surface area contributed by atoms with Crippen LogP contribution < -0.4 is 10.6 Å². The van der Waals surface area contributed by atoms with E-state index in [1.54, 1.807) is 0 Å². The van der Waals surface area contributed by atoms with Gasteiger partial charge in [0.15, 0.2) is 0 Å². The van der Waals surface area contributed by atoms with E-state index in [2.05, 4.69) is 10.6 Å². The zero-order valence-corrected chi connectivity index (χ0v) is 12.7. The third-order valence-electron chi connectivity index (χ3n) is 3.98. The second-order valence-electron chi connectivity index (χ2n) is 6.08. The molecule has 0 aliphatic heterocycles. The maximum Gasteiger partial charge on any atom is 0.239 e. The van der Waals surface area contributed by atoms with Crippen molar-refractivity contribution in [2.45, 2.75) is 58.5 Å². The van der Waals surface area contributed by atoms with Crippen LogP contribution in [0.4, 0.5) is 0 Å². The van der Waals surface area contributed by atoms with Crippen LogP contribution in [-0.2, 0) is 9.59 Å². The van der Waals surface area contributed by atoms with Crippen molar-refractivity contribution in [1.29, 1.82) is 0 Å². The molecule has 5 nitrogen and oxygen atoms in total. The van der Waals surface area contributed by atoms with E-state index in [4.69, 9.17) is 0 Å². The molecule has 20 heavy (non-hydrogen) atoms. The minimum Gasteiger partial charge on any atom is -0.391 e. The van der Waals surface area contributed by atoms with Gasteiger partial charge in [-0.05, 0) is 18.3 Å². The van der Waals surface area contributed by atoms with E-state index in [1.807, 2.05) is 13.8 Å². The Hall–Kier alpha value is -1.10. The Morgan fingerprint density at radius 3 is 2.40 bits per heavy atom. The standard InChI is InChI=1S/C15H28N2O3/c1-11(2)13(18)9-16-15(20)10-17-14(19)8-7-12-5-3-4-6-12/h11-13,18H,3-10H2,1-2H3,(H,16,20)(H,17,19). The van der Waals surface area contributed by atoms with E-state index in [0.29, 0.717) is 12.3 Å². The lowest BCUT2D eigenvalue weighted by Crippen LogP contribution is -2.41. The largest absolute Gasteiger partial charge is 0.391 e. The van der Waals surface area contributed by atoms with E-state index in [1.165, 1.54) is 25.7 Å². The third kappa shape index (κ3) is 6.89. The van der Waals surface area contributed by atoms with Crippen molar-refractivity contribution < 1.29 is 14.7 Å². The van der Waals surface area contributed by atoms with Crippen molar-refractivity contribution in [2.75, 3.05) is 13.1 Å². The molecule has 0 aromatic carbocycles. The molecule has 0 bridgehead atoms. The Morgan fingerprint density at radius 1 is 1.15 bits per heavy atom. The van der Waals surface area contributed by atoms with Gasteiger partial charge in [0, 0.05) is 13.0 Å². The topological polar surface area (TPSA) is 78.4 Å². The van der Waals surface area contributed by atoms with Gasteiger partial charge in [0.25, 0.3) is 0 Å². The average molecular weight is 284 g/mol. The molecule has 0 spiro atoms. The molecule has 116 valence electrons. The van der Waals surface area contributed by atoms with Crippen molar-refractivity contribution in [1.82, 2.24) is 10.6 Å². The molecule has 1 aliphatic carbocycles. The molecular weight excluding hydrogens is 256 g/mol. The van der Waals surface area contributed by atoms with E-state index >= 15 is 0 Å². The highest BCUT2D eigenvalue weighted by molar-refractivity contribution is 5.84. The lowest BCUT2D eigenvalue weighted by Gasteiger charge is -2.15. The first kappa shape index (κ1) is 17.0. The highest BCUT2D eigenvalue weighted by atomic mass is 16.3. The van der Waals surface area contributed by atoms with Gasteiger partial charge in [-0.3, -0.25) is 9.59 Å². The zero-order chi connectivity index (χ0) is 15.0. The number of rotatable bonds is 8. The summed E-state index contributed by atoms with van der Waals surface area (Å²) < 4.78 is 0. The van der Waals surface area contributed by atoms with Gasteiger partial charge < -0.3 is 15.7 Å². The summed E-state index contributed by atoms with van der Waals surface area (Å²) in [6.45, 7) is 4.01. The van der Waals surface area contributed by atoms with Gasteiger partial charge in [0.05, 0.1) is 12.6 Å². The number of aliphatic hydroxyl groups is 1. The van der Waals surface area contributed by atoms with Crippen LogP contribution in [0.3, 0.4) is 0 Å². The monoisotopic (exact) mass is 284 g/mol. The summed E-state index contributed by atoms with van der Waals surface area (Å²) in [6.07, 6.45) is 5.94. The molecule has 0 heterocycles. The highest BCUT2D eigenvalue weighted by Crippen LogP contribution is 2.28. The SMILES string of the molecule is CC(C)C(O)CNC(=O)CNC(=O)CCC1CCCC1. The van der Waals surface area contributed by atoms with E-state index in [-0.39, 0.29) is 30.8 Å². The maximum atomic E-state index is 11.6. The van der Waals surface area contributed by atoms with Crippen LogP contribution in [0.25, 0.3) is 0 Å². The van der Waals surface area contributed by atoms with Crippen LogP contribution in [0, 0.1) is 11.8 Å². The van der Waals surface area contributed by atoms with Crippen molar-refractivity contribution >= 4 is 11.8 Å². The number of nitrogens with one attached hydrogen (secondary N) is 2. The van der Waals surface area contributed by atoms with Crippen molar-refractivity contribution in [3.05, 3.63) is 0 Å². The fourth-order valence-electron chi connectivity index (χ4n) is 2.42. The third-order valence-corrected chi connectivity index (χ3v) is 3.98. The molecule has 1 fully saturated rings. The Kier molecular flexibility index (Phi) is 7.59. The second-order valence-corrected chi connectivity index (χ2v) is 6.08. The van der Waals surface area contributed by atoms with Gasteiger partial charge >= 0.3 is 0 Å². The summed E-state index contributed by atoms with van der Waals surface area (Å²) >= 11 is 0. The molecule has 2 amide bonds.